The van der Waals surface area contributed by atoms with Crippen LogP contribution in [0.4, 0.5) is 0 Å². The van der Waals surface area contributed by atoms with E-state index in [1.54, 1.807) is 12.2 Å². The van der Waals surface area contributed by atoms with Gasteiger partial charge >= 0.3 is 19.8 Å². The number of ether oxygens (including phenoxy) is 2. The maximum absolute atomic E-state index is 12.7. The molecule has 0 bridgehead atoms. The Morgan fingerprint density at radius 2 is 1.45 bits per heavy atom. The number of carbonyl (C=O) groups is 3. The summed E-state index contributed by atoms with van der Waals surface area (Å²) in [6.07, 6.45) is 15.4. The van der Waals surface area contributed by atoms with Gasteiger partial charge in [-0.05, 0) is 31.6 Å². The first-order valence-electron chi connectivity index (χ1n) is 20.1. The van der Waals surface area contributed by atoms with E-state index in [0.29, 0.717) is 32.1 Å². The van der Waals surface area contributed by atoms with E-state index in [9.17, 15) is 39.2 Å². The molecule has 8 atom stereocenters. The van der Waals surface area contributed by atoms with Crippen LogP contribution >= 0.6 is 7.82 Å². The Morgan fingerprint density at radius 1 is 0.849 bits per heavy atom. The van der Waals surface area contributed by atoms with Gasteiger partial charge in [-0.25, -0.2) is 4.57 Å². The maximum atomic E-state index is 12.7. The van der Waals surface area contributed by atoms with Crippen molar-refractivity contribution in [3.63, 3.8) is 0 Å². The van der Waals surface area contributed by atoms with Crippen LogP contribution in [0.1, 0.15) is 149 Å². The number of rotatable bonds is 33. The molecular weight excluding hydrogens is 707 g/mol. The smallest absolute Gasteiger partial charge is 0.462 e. The molecule has 13 nitrogen and oxygen atoms in total. The molecule has 0 aliphatic heterocycles. The van der Waals surface area contributed by atoms with Crippen LogP contribution in [0, 0.1) is 17.8 Å². The Hall–Kier alpha value is -1.70. The molecule has 1 aliphatic rings. The number of hydrogen-bond donors (Lipinski definition) is 5. The second kappa shape index (κ2) is 29.6. The summed E-state index contributed by atoms with van der Waals surface area (Å²) in [6.45, 7) is 4.24. The normalized spacial score (nSPS) is 21.0. The third kappa shape index (κ3) is 24.4. The Labute approximate surface area is 317 Å². The summed E-state index contributed by atoms with van der Waals surface area (Å²) in [5.74, 6) is -0.938. The molecule has 0 spiro atoms. The minimum Gasteiger partial charge on any atom is -0.462 e. The van der Waals surface area contributed by atoms with Crippen LogP contribution in [-0.2, 0) is 37.5 Å². The van der Waals surface area contributed by atoms with Gasteiger partial charge in [0.1, 0.15) is 18.5 Å². The van der Waals surface area contributed by atoms with E-state index in [1.807, 2.05) is 0 Å². The summed E-state index contributed by atoms with van der Waals surface area (Å²) in [7, 11) is -4.68. The summed E-state index contributed by atoms with van der Waals surface area (Å²) in [6, 6.07) is 0. The summed E-state index contributed by atoms with van der Waals surface area (Å²) in [5, 5.41) is 39.0. The zero-order valence-corrected chi connectivity index (χ0v) is 33.5. The largest absolute Gasteiger partial charge is 0.472 e. The lowest BCUT2D eigenvalue weighted by Gasteiger charge is -2.20. The van der Waals surface area contributed by atoms with Gasteiger partial charge in [-0.2, -0.15) is 0 Å². The van der Waals surface area contributed by atoms with Crippen molar-refractivity contribution < 1.29 is 62.8 Å². The van der Waals surface area contributed by atoms with Crippen molar-refractivity contribution in [2.75, 3.05) is 26.4 Å². The molecule has 0 aromatic heterocycles. The fraction of sp³-hybridized carbons (Fsp3) is 0.872. The summed E-state index contributed by atoms with van der Waals surface area (Å²) in [5.41, 5.74) is 0. The van der Waals surface area contributed by atoms with E-state index in [-0.39, 0.29) is 43.5 Å². The molecule has 14 heteroatoms. The van der Waals surface area contributed by atoms with E-state index in [4.69, 9.17) is 19.1 Å². The molecule has 1 aliphatic carbocycles. The number of Topliss-reactive ketones (excluding diaryl/α,β-unsaturated/α-hetero) is 1. The van der Waals surface area contributed by atoms with E-state index in [2.05, 4.69) is 25.3 Å². The molecule has 0 saturated heterocycles. The molecule has 310 valence electrons. The third-order valence-corrected chi connectivity index (χ3v) is 10.8. The lowest BCUT2D eigenvalue weighted by atomic mass is 9.88. The summed E-state index contributed by atoms with van der Waals surface area (Å²) < 4.78 is 32.6. The zero-order chi connectivity index (χ0) is 39.5. The van der Waals surface area contributed by atoms with E-state index < -0.39 is 64.0 Å². The third-order valence-electron chi connectivity index (χ3n) is 9.86. The van der Waals surface area contributed by atoms with E-state index in [1.165, 1.54) is 25.7 Å². The molecule has 0 radical (unpaired) electrons. The number of esters is 2. The first-order chi connectivity index (χ1) is 25.3. The van der Waals surface area contributed by atoms with Gasteiger partial charge in [0.15, 0.2) is 6.10 Å². The van der Waals surface area contributed by atoms with Crippen molar-refractivity contribution in [2.24, 2.45) is 17.8 Å². The Balaban J connectivity index is 2.51. The number of aliphatic hydroxyl groups is 4. The van der Waals surface area contributed by atoms with Crippen molar-refractivity contribution in [2.45, 2.75) is 174 Å². The zero-order valence-electron chi connectivity index (χ0n) is 32.6. The average molecular weight is 779 g/mol. The number of phosphoric acid groups is 1. The molecule has 0 heterocycles. The number of aliphatic hydroxyl groups excluding tert-OH is 4. The summed E-state index contributed by atoms with van der Waals surface area (Å²) in [4.78, 5) is 47.6. The maximum Gasteiger partial charge on any atom is 0.472 e. The van der Waals surface area contributed by atoms with Crippen LogP contribution in [0.3, 0.4) is 0 Å². The predicted octanol–water partition coefficient (Wildman–Crippen LogP) is 6.50. The van der Waals surface area contributed by atoms with Gasteiger partial charge in [-0.3, -0.25) is 23.4 Å². The second-order valence-corrected chi connectivity index (χ2v) is 16.1. The highest BCUT2D eigenvalue weighted by atomic mass is 31.2. The van der Waals surface area contributed by atoms with Crippen LogP contribution in [0.2, 0.25) is 0 Å². The fourth-order valence-corrected chi connectivity index (χ4v) is 7.07. The highest BCUT2D eigenvalue weighted by Crippen LogP contribution is 2.43. The lowest BCUT2D eigenvalue weighted by Crippen LogP contribution is -2.29. The van der Waals surface area contributed by atoms with Crippen LogP contribution in [-0.4, -0.2) is 93.9 Å². The first-order valence-corrected chi connectivity index (χ1v) is 21.6. The highest BCUT2D eigenvalue weighted by Gasteiger charge is 2.39. The van der Waals surface area contributed by atoms with Crippen molar-refractivity contribution in [1.82, 2.24) is 0 Å². The first kappa shape index (κ1) is 49.3. The Bertz CT molecular complexity index is 1070. The van der Waals surface area contributed by atoms with Gasteiger partial charge in [0.2, 0.25) is 0 Å². The lowest BCUT2D eigenvalue weighted by molar-refractivity contribution is -0.161. The molecule has 1 rings (SSSR count). The highest BCUT2D eigenvalue weighted by molar-refractivity contribution is 7.47. The van der Waals surface area contributed by atoms with Crippen molar-refractivity contribution in [3.8, 4) is 0 Å². The Morgan fingerprint density at radius 3 is 2.11 bits per heavy atom. The SMILES string of the molecule is CCCCC[C@H](O)/C=C/[C@H]1[C@H](O)CC(=O)[C@@H]1CCCCCCC(=O)O[C@H](COC(=O)CCCCCCCCC(C)CC)COP(=O)(O)OC[C@@H](O)CO. The molecule has 1 fully saturated rings. The second-order valence-electron chi connectivity index (χ2n) is 14.7. The van der Waals surface area contributed by atoms with Gasteiger partial charge in [0, 0.05) is 31.1 Å². The standard InChI is InChI=1S/C39H71O13P/c1-4-6-13-19-31(41)23-24-35-34(36(43)25-37(35)44)20-15-11-12-17-22-39(46)52-33(29-51-53(47,48)50-27-32(42)26-40)28-49-38(45)21-16-10-8-7-9-14-18-30(3)5-2/h23-24,30-35,37,40-42,44H,4-22,25-29H2,1-3H3,(H,47,48)/b24-23+/t30?,31-,32-,33+,34+,35+,37+/m0/s1. The average Bonchev–Trinajstić information content (AvgIpc) is 3.40. The molecule has 1 saturated carbocycles. The molecule has 53 heavy (non-hydrogen) atoms. The number of phosphoric ester groups is 1. The van der Waals surface area contributed by atoms with Crippen molar-refractivity contribution in [3.05, 3.63) is 12.2 Å². The van der Waals surface area contributed by atoms with E-state index in [0.717, 1.165) is 57.3 Å². The van der Waals surface area contributed by atoms with Crippen molar-refractivity contribution >= 4 is 25.5 Å². The molecular formula is C39H71O13P. The van der Waals surface area contributed by atoms with Gasteiger partial charge in [-0.15, -0.1) is 0 Å². The van der Waals surface area contributed by atoms with Gasteiger partial charge in [0.05, 0.1) is 32.0 Å². The molecule has 2 unspecified atom stereocenters. The monoisotopic (exact) mass is 778 g/mol. The van der Waals surface area contributed by atoms with Gasteiger partial charge in [0.25, 0.3) is 0 Å². The number of carbonyl (C=O) groups excluding carboxylic acids is 3. The van der Waals surface area contributed by atoms with Gasteiger partial charge < -0.3 is 34.8 Å². The molecule has 0 amide bonds. The Kier molecular flexibility index (Phi) is 27.5. The van der Waals surface area contributed by atoms with Crippen LogP contribution in [0.25, 0.3) is 0 Å². The topological polar surface area (TPSA) is 206 Å². The molecule has 0 aromatic rings. The van der Waals surface area contributed by atoms with Crippen molar-refractivity contribution in [1.29, 1.82) is 0 Å². The minimum absolute atomic E-state index is 0.0236. The number of hydrogen-bond acceptors (Lipinski definition) is 12. The molecule has 0 aromatic carbocycles. The number of ketones is 1. The fourth-order valence-electron chi connectivity index (χ4n) is 6.28. The number of unbranched alkanes of at least 4 members (excludes halogenated alkanes) is 10. The predicted molar refractivity (Wildman–Crippen MR) is 202 cm³/mol. The van der Waals surface area contributed by atoms with Crippen LogP contribution in [0.15, 0.2) is 12.2 Å². The van der Waals surface area contributed by atoms with Crippen LogP contribution < -0.4 is 0 Å². The van der Waals surface area contributed by atoms with E-state index >= 15 is 0 Å². The van der Waals surface area contributed by atoms with Gasteiger partial charge in [-0.1, -0.05) is 116 Å². The quantitative estimate of drug-likeness (QED) is 0.0209. The summed E-state index contributed by atoms with van der Waals surface area (Å²) >= 11 is 0. The molecule has 5 N–H and O–H groups in total. The minimum atomic E-state index is -4.68. The van der Waals surface area contributed by atoms with Crippen LogP contribution in [0.5, 0.6) is 0 Å².